The second-order valence-electron chi connectivity index (χ2n) is 6.48. The van der Waals surface area contributed by atoms with E-state index in [0.717, 1.165) is 11.3 Å². The number of rotatable bonds is 6. The Morgan fingerprint density at radius 1 is 1.19 bits per heavy atom. The van der Waals surface area contributed by atoms with E-state index < -0.39 is 11.5 Å². The maximum absolute atomic E-state index is 11.7. The first-order chi connectivity index (χ1) is 9.68. The molecule has 0 saturated heterocycles. The summed E-state index contributed by atoms with van der Waals surface area (Å²) in [7, 11) is 0. The van der Waals surface area contributed by atoms with Gasteiger partial charge in [0.2, 0.25) is 0 Å². The summed E-state index contributed by atoms with van der Waals surface area (Å²) in [6.07, 6.45) is 0.407. The summed E-state index contributed by atoms with van der Waals surface area (Å²) in [6.45, 7) is 10.6. The van der Waals surface area contributed by atoms with Crippen molar-refractivity contribution in [2.24, 2.45) is 5.73 Å². The molecule has 4 nitrogen and oxygen atoms in total. The van der Waals surface area contributed by atoms with E-state index in [9.17, 15) is 4.79 Å². The van der Waals surface area contributed by atoms with Gasteiger partial charge in [0, 0.05) is 6.42 Å². The number of carbonyl (C=O) groups is 1. The SMILES string of the molecule is CCOC(=O)C(C)(N)CCOc1ccccc1C(C)(C)C. The van der Waals surface area contributed by atoms with Gasteiger partial charge in [-0.1, -0.05) is 39.0 Å². The summed E-state index contributed by atoms with van der Waals surface area (Å²) in [5, 5.41) is 0. The largest absolute Gasteiger partial charge is 0.493 e. The molecule has 0 heterocycles. The van der Waals surface area contributed by atoms with Crippen LogP contribution >= 0.6 is 0 Å². The lowest BCUT2D eigenvalue weighted by Gasteiger charge is -2.25. The normalized spacial score (nSPS) is 14.4. The Bertz CT molecular complexity index is 475. The fourth-order valence-corrected chi connectivity index (χ4v) is 1.98. The summed E-state index contributed by atoms with van der Waals surface area (Å²) in [6, 6.07) is 7.94. The van der Waals surface area contributed by atoms with E-state index in [2.05, 4.69) is 26.8 Å². The minimum atomic E-state index is -1.02. The van der Waals surface area contributed by atoms with Crippen LogP contribution in [0.5, 0.6) is 5.75 Å². The number of nitrogens with two attached hydrogens (primary N) is 1. The van der Waals surface area contributed by atoms with Gasteiger partial charge < -0.3 is 15.2 Å². The smallest absolute Gasteiger partial charge is 0.325 e. The summed E-state index contributed by atoms with van der Waals surface area (Å²) in [5.41, 5.74) is 6.10. The molecular weight excluding hydrogens is 266 g/mol. The molecule has 1 atom stereocenters. The van der Waals surface area contributed by atoms with Crippen molar-refractivity contribution in [1.29, 1.82) is 0 Å². The molecule has 1 unspecified atom stereocenters. The standard InChI is InChI=1S/C17H27NO3/c1-6-20-15(19)17(5,18)11-12-21-14-10-8-7-9-13(14)16(2,3)4/h7-10H,6,11-12,18H2,1-5H3. The molecule has 0 fully saturated rings. The fraction of sp³-hybridized carbons (Fsp3) is 0.588. The predicted molar refractivity (Wildman–Crippen MR) is 84.5 cm³/mol. The Labute approximate surface area is 127 Å². The number of esters is 1. The zero-order valence-corrected chi connectivity index (χ0v) is 13.7. The quantitative estimate of drug-likeness (QED) is 0.819. The Hall–Kier alpha value is -1.55. The molecule has 0 aliphatic carbocycles. The van der Waals surface area contributed by atoms with Crippen LogP contribution in [0, 0.1) is 0 Å². The lowest BCUT2D eigenvalue weighted by molar-refractivity contribution is -0.149. The molecule has 4 heteroatoms. The van der Waals surface area contributed by atoms with E-state index in [1.807, 2.05) is 18.2 Å². The molecule has 0 radical (unpaired) electrons. The van der Waals surface area contributed by atoms with Gasteiger partial charge in [-0.2, -0.15) is 0 Å². The number of para-hydroxylation sites is 1. The molecule has 0 aliphatic rings. The van der Waals surface area contributed by atoms with E-state index >= 15 is 0 Å². The van der Waals surface area contributed by atoms with Gasteiger partial charge >= 0.3 is 5.97 Å². The number of ether oxygens (including phenoxy) is 2. The molecule has 0 aliphatic heterocycles. The minimum Gasteiger partial charge on any atom is -0.493 e. The highest BCUT2D eigenvalue weighted by molar-refractivity contribution is 5.79. The van der Waals surface area contributed by atoms with Gasteiger partial charge in [-0.15, -0.1) is 0 Å². The third-order valence-corrected chi connectivity index (χ3v) is 3.32. The molecule has 1 rings (SSSR count). The minimum absolute atomic E-state index is 0.00372. The van der Waals surface area contributed by atoms with Crippen LogP contribution < -0.4 is 10.5 Å². The monoisotopic (exact) mass is 293 g/mol. The van der Waals surface area contributed by atoms with Crippen LogP contribution in [0.2, 0.25) is 0 Å². The molecule has 21 heavy (non-hydrogen) atoms. The summed E-state index contributed by atoms with van der Waals surface area (Å²) >= 11 is 0. The molecule has 1 aromatic carbocycles. The molecule has 1 aromatic rings. The predicted octanol–water partition coefficient (Wildman–Crippen LogP) is 3.03. The van der Waals surface area contributed by atoms with Crippen molar-refractivity contribution < 1.29 is 14.3 Å². The van der Waals surface area contributed by atoms with Gasteiger partial charge in [0.05, 0.1) is 13.2 Å². The van der Waals surface area contributed by atoms with E-state index in [-0.39, 0.29) is 5.41 Å². The number of hydrogen-bond acceptors (Lipinski definition) is 4. The van der Waals surface area contributed by atoms with Crippen LogP contribution in [0.25, 0.3) is 0 Å². The highest BCUT2D eigenvalue weighted by Crippen LogP contribution is 2.31. The Kier molecular flexibility index (Phi) is 5.78. The first kappa shape index (κ1) is 17.5. The first-order valence-electron chi connectivity index (χ1n) is 7.37. The van der Waals surface area contributed by atoms with Crippen LogP contribution in [0.15, 0.2) is 24.3 Å². The summed E-state index contributed by atoms with van der Waals surface area (Å²) < 4.78 is 10.8. The van der Waals surface area contributed by atoms with Gasteiger partial charge in [-0.3, -0.25) is 4.79 Å². The fourth-order valence-electron chi connectivity index (χ4n) is 1.98. The van der Waals surface area contributed by atoms with Crippen molar-refractivity contribution in [2.75, 3.05) is 13.2 Å². The van der Waals surface area contributed by atoms with E-state index in [0.29, 0.717) is 19.6 Å². The molecule has 118 valence electrons. The molecule has 0 bridgehead atoms. The van der Waals surface area contributed by atoms with Crippen molar-refractivity contribution in [1.82, 2.24) is 0 Å². The van der Waals surface area contributed by atoms with Crippen LogP contribution in [-0.2, 0) is 14.9 Å². The summed E-state index contributed by atoms with van der Waals surface area (Å²) in [4.78, 5) is 11.7. The van der Waals surface area contributed by atoms with E-state index in [1.165, 1.54) is 0 Å². The van der Waals surface area contributed by atoms with E-state index in [1.54, 1.807) is 13.8 Å². The van der Waals surface area contributed by atoms with Crippen molar-refractivity contribution in [3.05, 3.63) is 29.8 Å². The van der Waals surface area contributed by atoms with Crippen LogP contribution in [0.1, 0.15) is 46.6 Å². The second-order valence-corrected chi connectivity index (χ2v) is 6.48. The van der Waals surface area contributed by atoms with Gasteiger partial charge in [-0.25, -0.2) is 0 Å². The lowest BCUT2D eigenvalue weighted by Crippen LogP contribution is -2.47. The third-order valence-electron chi connectivity index (χ3n) is 3.32. The number of carbonyl (C=O) groups excluding carboxylic acids is 1. The number of hydrogen-bond donors (Lipinski definition) is 1. The van der Waals surface area contributed by atoms with Crippen LogP contribution in [0.3, 0.4) is 0 Å². The van der Waals surface area contributed by atoms with Gasteiger partial charge in [-0.05, 0) is 30.9 Å². The van der Waals surface area contributed by atoms with Gasteiger partial charge in [0.1, 0.15) is 11.3 Å². The van der Waals surface area contributed by atoms with Crippen molar-refractivity contribution in [3.63, 3.8) is 0 Å². The number of benzene rings is 1. The Balaban J connectivity index is 2.67. The Morgan fingerprint density at radius 3 is 2.38 bits per heavy atom. The van der Waals surface area contributed by atoms with Gasteiger partial charge in [0.15, 0.2) is 0 Å². The molecule has 0 aromatic heterocycles. The average molecular weight is 293 g/mol. The topological polar surface area (TPSA) is 61.5 Å². The highest BCUT2D eigenvalue weighted by atomic mass is 16.5. The molecule has 0 saturated carbocycles. The lowest BCUT2D eigenvalue weighted by atomic mass is 9.86. The zero-order chi connectivity index (χ0) is 16.1. The maximum atomic E-state index is 11.7. The zero-order valence-electron chi connectivity index (χ0n) is 13.7. The van der Waals surface area contributed by atoms with Crippen LogP contribution in [0.4, 0.5) is 0 Å². The van der Waals surface area contributed by atoms with Gasteiger partial charge in [0.25, 0.3) is 0 Å². The van der Waals surface area contributed by atoms with Crippen molar-refractivity contribution in [2.45, 2.75) is 52.0 Å². The highest BCUT2D eigenvalue weighted by Gasteiger charge is 2.30. The second kappa shape index (κ2) is 6.94. The molecule has 0 spiro atoms. The molecule has 0 amide bonds. The van der Waals surface area contributed by atoms with E-state index in [4.69, 9.17) is 15.2 Å². The third kappa shape index (κ3) is 5.05. The van der Waals surface area contributed by atoms with Crippen LogP contribution in [-0.4, -0.2) is 24.7 Å². The van der Waals surface area contributed by atoms with Crippen molar-refractivity contribution >= 4 is 5.97 Å². The molecular formula is C17H27NO3. The average Bonchev–Trinajstić information content (AvgIpc) is 2.38. The first-order valence-corrected chi connectivity index (χ1v) is 7.37. The molecule has 2 N–H and O–H groups in total. The maximum Gasteiger partial charge on any atom is 0.325 e. The Morgan fingerprint density at radius 2 is 1.81 bits per heavy atom. The summed E-state index contributed by atoms with van der Waals surface area (Å²) in [5.74, 6) is 0.447. The van der Waals surface area contributed by atoms with Crippen molar-refractivity contribution in [3.8, 4) is 5.75 Å².